The van der Waals surface area contributed by atoms with Crippen LogP contribution in [0.2, 0.25) is 0 Å². The van der Waals surface area contributed by atoms with Crippen molar-refractivity contribution in [1.82, 2.24) is 4.68 Å². The van der Waals surface area contributed by atoms with Gasteiger partial charge in [0.05, 0.1) is 11.9 Å². The molecule has 0 spiro atoms. The van der Waals surface area contributed by atoms with Crippen molar-refractivity contribution in [1.29, 1.82) is 0 Å². The average Bonchev–Trinajstić information content (AvgIpc) is 2.95. The SMILES string of the molecule is Cc1ccccc1C=Nn1c(C)csc1=NCCc1ccccc1. The summed E-state index contributed by atoms with van der Waals surface area (Å²) >= 11 is 1.63. The minimum absolute atomic E-state index is 0.768. The van der Waals surface area contributed by atoms with Crippen LogP contribution >= 0.6 is 11.3 Å². The number of aromatic nitrogens is 1. The lowest BCUT2D eigenvalue weighted by atomic mass is 10.1. The Balaban J connectivity index is 1.78. The molecule has 0 atom stereocenters. The van der Waals surface area contributed by atoms with Gasteiger partial charge in [-0.3, -0.25) is 4.99 Å². The molecule has 0 N–H and O–H groups in total. The van der Waals surface area contributed by atoms with E-state index in [1.54, 1.807) is 11.3 Å². The van der Waals surface area contributed by atoms with Gasteiger partial charge in [0, 0.05) is 11.9 Å². The van der Waals surface area contributed by atoms with Gasteiger partial charge in [-0.25, -0.2) is 4.68 Å². The van der Waals surface area contributed by atoms with E-state index in [1.165, 1.54) is 11.1 Å². The normalized spacial score (nSPS) is 12.2. The van der Waals surface area contributed by atoms with Crippen LogP contribution < -0.4 is 4.80 Å². The molecule has 0 aliphatic heterocycles. The minimum atomic E-state index is 0.768. The maximum Gasteiger partial charge on any atom is 0.205 e. The van der Waals surface area contributed by atoms with Crippen molar-refractivity contribution in [2.24, 2.45) is 10.1 Å². The summed E-state index contributed by atoms with van der Waals surface area (Å²) in [6, 6.07) is 18.7. The van der Waals surface area contributed by atoms with Crippen LogP contribution in [0.5, 0.6) is 0 Å². The summed E-state index contributed by atoms with van der Waals surface area (Å²) < 4.78 is 1.92. The van der Waals surface area contributed by atoms with Crippen LogP contribution in [0.4, 0.5) is 0 Å². The number of nitrogens with zero attached hydrogens (tertiary/aromatic N) is 3. The number of rotatable bonds is 5. The first kappa shape index (κ1) is 16.4. The molecular formula is C20H21N3S. The van der Waals surface area contributed by atoms with Crippen LogP contribution in [0.3, 0.4) is 0 Å². The molecule has 4 heteroatoms. The number of benzene rings is 2. The number of aryl methyl sites for hydroxylation is 2. The molecule has 3 rings (SSSR count). The fraction of sp³-hybridized carbons (Fsp3) is 0.200. The third kappa shape index (κ3) is 4.09. The molecule has 24 heavy (non-hydrogen) atoms. The Bertz CT molecular complexity index is 889. The molecule has 0 aliphatic rings. The van der Waals surface area contributed by atoms with E-state index in [9.17, 15) is 0 Å². The van der Waals surface area contributed by atoms with Gasteiger partial charge in [-0.05, 0) is 37.0 Å². The van der Waals surface area contributed by atoms with Crippen LogP contribution in [0, 0.1) is 13.8 Å². The standard InChI is InChI=1S/C20H21N3S/c1-16-8-6-7-11-19(16)14-22-23-17(2)15-24-20(23)21-13-12-18-9-4-3-5-10-18/h3-11,14-15H,12-13H2,1-2H3. The highest BCUT2D eigenvalue weighted by Gasteiger charge is 2.00. The lowest BCUT2D eigenvalue weighted by Crippen LogP contribution is -2.13. The molecule has 0 saturated carbocycles. The van der Waals surface area contributed by atoms with E-state index < -0.39 is 0 Å². The van der Waals surface area contributed by atoms with Crippen molar-refractivity contribution >= 4 is 17.6 Å². The number of thiazole rings is 1. The van der Waals surface area contributed by atoms with Crippen LogP contribution in [0.1, 0.15) is 22.4 Å². The summed E-state index contributed by atoms with van der Waals surface area (Å²) in [5.74, 6) is 0. The van der Waals surface area contributed by atoms with E-state index in [-0.39, 0.29) is 0 Å². The predicted octanol–water partition coefficient (Wildman–Crippen LogP) is 4.19. The van der Waals surface area contributed by atoms with Gasteiger partial charge in [0.1, 0.15) is 0 Å². The van der Waals surface area contributed by atoms with E-state index in [0.29, 0.717) is 0 Å². The van der Waals surface area contributed by atoms with Crippen molar-refractivity contribution in [3.05, 3.63) is 87.2 Å². The molecule has 0 aliphatic carbocycles. The van der Waals surface area contributed by atoms with Crippen molar-refractivity contribution in [3.8, 4) is 0 Å². The molecule has 0 amide bonds. The summed E-state index contributed by atoms with van der Waals surface area (Å²) in [7, 11) is 0. The summed E-state index contributed by atoms with van der Waals surface area (Å²) in [6.45, 7) is 4.92. The minimum Gasteiger partial charge on any atom is -0.257 e. The summed E-state index contributed by atoms with van der Waals surface area (Å²) in [5.41, 5.74) is 4.76. The van der Waals surface area contributed by atoms with Crippen molar-refractivity contribution in [2.45, 2.75) is 20.3 Å². The highest BCUT2D eigenvalue weighted by Crippen LogP contribution is 2.05. The van der Waals surface area contributed by atoms with E-state index in [4.69, 9.17) is 4.99 Å². The van der Waals surface area contributed by atoms with Gasteiger partial charge >= 0.3 is 0 Å². The van der Waals surface area contributed by atoms with Crippen LogP contribution in [-0.4, -0.2) is 17.4 Å². The van der Waals surface area contributed by atoms with Gasteiger partial charge in [-0.15, -0.1) is 11.3 Å². The first-order valence-corrected chi connectivity index (χ1v) is 8.93. The molecule has 0 fully saturated rings. The van der Waals surface area contributed by atoms with Crippen molar-refractivity contribution in [3.63, 3.8) is 0 Å². The topological polar surface area (TPSA) is 29.6 Å². The Hall–Kier alpha value is -2.46. The maximum atomic E-state index is 4.72. The lowest BCUT2D eigenvalue weighted by Gasteiger charge is -2.01. The smallest absolute Gasteiger partial charge is 0.205 e. The molecule has 3 nitrogen and oxygen atoms in total. The zero-order valence-corrected chi connectivity index (χ0v) is 14.8. The number of hydrogen-bond donors (Lipinski definition) is 0. The van der Waals surface area contributed by atoms with E-state index in [1.807, 2.05) is 29.1 Å². The highest BCUT2D eigenvalue weighted by molar-refractivity contribution is 7.07. The van der Waals surface area contributed by atoms with Crippen molar-refractivity contribution in [2.75, 3.05) is 6.54 Å². The Kier molecular flexibility index (Phi) is 5.39. The second kappa shape index (κ2) is 7.88. The second-order valence-corrected chi connectivity index (χ2v) is 6.53. The second-order valence-electron chi connectivity index (χ2n) is 5.69. The third-order valence-corrected chi connectivity index (χ3v) is 4.81. The lowest BCUT2D eigenvalue weighted by molar-refractivity contribution is 0.783. The molecule has 0 saturated heterocycles. The van der Waals surface area contributed by atoms with E-state index in [2.05, 4.69) is 60.7 Å². The van der Waals surface area contributed by atoms with Crippen LogP contribution in [-0.2, 0) is 6.42 Å². The molecule has 1 aromatic heterocycles. The molecular weight excluding hydrogens is 314 g/mol. The van der Waals surface area contributed by atoms with Crippen LogP contribution in [0.15, 0.2) is 70.1 Å². The fourth-order valence-corrected chi connectivity index (χ4v) is 3.24. The van der Waals surface area contributed by atoms with Gasteiger partial charge in [-0.1, -0.05) is 54.6 Å². The first-order chi connectivity index (χ1) is 11.7. The largest absolute Gasteiger partial charge is 0.257 e. The fourth-order valence-electron chi connectivity index (χ4n) is 2.41. The number of hydrogen-bond acceptors (Lipinski definition) is 3. The summed E-state index contributed by atoms with van der Waals surface area (Å²) in [6.07, 6.45) is 2.85. The third-order valence-electron chi connectivity index (χ3n) is 3.84. The van der Waals surface area contributed by atoms with Gasteiger partial charge in [0.25, 0.3) is 0 Å². The quantitative estimate of drug-likeness (QED) is 0.626. The highest BCUT2D eigenvalue weighted by atomic mass is 32.1. The first-order valence-electron chi connectivity index (χ1n) is 8.05. The predicted molar refractivity (Wildman–Crippen MR) is 102 cm³/mol. The molecule has 0 bridgehead atoms. The Morgan fingerprint density at radius 3 is 2.54 bits per heavy atom. The Morgan fingerprint density at radius 2 is 1.75 bits per heavy atom. The average molecular weight is 335 g/mol. The Labute approximate surface area is 146 Å². The Morgan fingerprint density at radius 1 is 1.00 bits per heavy atom. The van der Waals surface area contributed by atoms with E-state index in [0.717, 1.165) is 29.0 Å². The van der Waals surface area contributed by atoms with E-state index >= 15 is 0 Å². The molecule has 3 aromatic rings. The van der Waals surface area contributed by atoms with Gasteiger partial charge in [0.15, 0.2) is 0 Å². The monoisotopic (exact) mass is 335 g/mol. The van der Waals surface area contributed by atoms with Crippen LogP contribution in [0.25, 0.3) is 0 Å². The van der Waals surface area contributed by atoms with Gasteiger partial charge < -0.3 is 0 Å². The molecule has 1 heterocycles. The zero-order chi connectivity index (χ0) is 16.8. The molecule has 2 aromatic carbocycles. The molecule has 122 valence electrons. The van der Waals surface area contributed by atoms with Gasteiger partial charge in [0.2, 0.25) is 4.80 Å². The zero-order valence-electron chi connectivity index (χ0n) is 14.0. The molecule has 0 radical (unpaired) electrons. The molecule has 0 unspecified atom stereocenters. The van der Waals surface area contributed by atoms with Gasteiger partial charge in [-0.2, -0.15) is 5.10 Å². The summed E-state index contributed by atoms with van der Waals surface area (Å²) in [4.78, 5) is 5.66. The van der Waals surface area contributed by atoms with Crippen molar-refractivity contribution < 1.29 is 0 Å². The maximum absolute atomic E-state index is 4.72. The summed E-state index contributed by atoms with van der Waals surface area (Å²) in [5, 5.41) is 6.72.